The molecule has 8 nitrogen and oxygen atoms in total. The molecule has 0 aromatic heterocycles. The third kappa shape index (κ3) is 5.94. The highest BCUT2D eigenvalue weighted by molar-refractivity contribution is 8.01. The molecule has 7 rings (SSSR count). The van der Waals surface area contributed by atoms with Crippen LogP contribution in [0.15, 0.2) is 102 Å². The first-order valence-electron chi connectivity index (χ1n) is 15.2. The highest BCUT2D eigenvalue weighted by atomic mass is 32.2. The van der Waals surface area contributed by atoms with Gasteiger partial charge in [0, 0.05) is 30.0 Å². The van der Waals surface area contributed by atoms with Crippen LogP contribution in [0, 0.1) is 0 Å². The second kappa shape index (κ2) is 13.1. The van der Waals surface area contributed by atoms with Crippen molar-refractivity contribution in [2.24, 2.45) is 4.99 Å². The predicted molar refractivity (Wildman–Crippen MR) is 186 cm³/mol. The van der Waals surface area contributed by atoms with E-state index >= 15 is 0 Å². The molecule has 10 heteroatoms. The van der Waals surface area contributed by atoms with Crippen LogP contribution < -0.4 is 19.3 Å². The van der Waals surface area contributed by atoms with Gasteiger partial charge < -0.3 is 14.4 Å². The zero-order valence-corrected chi connectivity index (χ0v) is 27.3. The molecule has 0 aliphatic carbocycles. The minimum absolute atomic E-state index is 0.0893. The predicted octanol–water partition coefficient (Wildman–Crippen LogP) is 6.52. The number of anilines is 2. The molecular formula is C36H34N4O4S2. The van der Waals surface area contributed by atoms with Gasteiger partial charge in [-0.3, -0.25) is 24.4 Å². The van der Waals surface area contributed by atoms with Crippen molar-refractivity contribution in [1.29, 1.82) is 0 Å². The Hall–Kier alpha value is -4.41. The van der Waals surface area contributed by atoms with Gasteiger partial charge in [0.15, 0.2) is 0 Å². The first-order valence-corrected chi connectivity index (χ1v) is 17.3. The van der Waals surface area contributed by atoms with Gasteiger partial charge in [-0.25, -0.2) is 0 Å². The van der Waals surface area contributed by atoms with Gasteiger partial charge in [-0.15, -0.1) is 23.5 Å². The fourth-order valence-electron chi connectivity index (χ4n) is 6.17. The van der Waals surface area contributed by atoms with E-state index in [2.05, 4.69) is 29.2 Å². The Bertz CT molecular complexity index is 1780. The second-order valence-corrected chi connectivity index (χ2v) is 13.4. The van der Waals surface area contributed by atoms with Gasteiger partial charge in [-0.05, 0) is 65.2 Å². The van der Waals surface area contributed by atoms with Crippen molar-refractivity contribution in [1.82, 2.24) is 4.90 Å². The summed E-state index contributed by atoms with van der Waals surface area (Å²) in [5, 5.41) is -0.195. The Balaban J connectivity index is 1.10. The van der Waals surface area contributed by atoms with Crippen molar-refractivity contribution >= 4 is 52.5 Å². The van der Waals surface area contributed by atoms with Gasteiger partial charge in [0.1, 0.15) is 28.1 Å². The third-order valence-corrected chi connectivity index (χ3v) is 10.8. The normalized spacial score (nSPS) is 19.6. The average Bonchev–Trinajstić information content (AvgIpc) is 3.83. The highest BCUT2D eigenvalue weighted by Gasteiger charge is 2.36. The molecule has 2 fully saturated rings. The van der Waals surface area contributed by atoms with Crippen LogP contribution in [0.25, 0.3) is 0 Å². The number of hydrogen-bond acceptors (Lipinski definition) is 8. The van der Waals surface area contributed by atoms with Crippen LogP contribution in [0.4, 0.5) is 11.4 Å². The van der Waals surface area contributed by atoms with Crippen molar-refractivity contribution in [3.8, 4) is 11.5 Å². The molecule has 0 radical (unpaired) electrons. The van der Waals surface area contributed by atoms with Crippen LogP contribution in [0.3, 0.4) is 0 Å². The summed E-state index contributed by atoms with van der Waals surface area (Å²) in [6, 6.07) is 32.2. The summed E-state index contributed by atoms with van der Waals surface area (Å²) in [6.07, 6.45) is 0. The number of nitrogens with zero attached hydrogens (tertiary/aromatic N) is 4. The molecule has 46 heavy (non-hydrogen) atoms. The molecule has 0 saturated carbocycles. The van der Waals surface area contributed by atoms with Crippen molar-refractivity contribution in [3.63, 3.8) is 0 Å². The van der Waals surface area contributed by atoms with E-state index in [-0.39, 0.29) is 22.6 Å². The second-order valence-electron chi connectivity index (χ2n) is 11.2. The number of thioether (sulfide) groups is 2. The number of aliphatic imine (C=N–C) groups is 1. The van der Waals surface area contributed by atoms with Crippen LogP contribution in [0.1, 0.15) is 33.0 Å². The molecule has 3 aliphatic rings. The molecule has 0 spiro atoms. The van der Waals surface area contributed by atoms with E-state index in [1.807, 2.05) is 82.6 Å². The van der Waals surface area contributed by atoms with E-state index in [1.54, 1.807) is 37.7 Å². The summed E-state index contributed by atoms with van der Waals surface area (Å²) in [5.74, 6) is 3.57. The summed E-state index contributed by atoms with van der Waals surface area (Å²) >= 11 is 3.27. The van der Waals surface area contributed by atoms with Crippen LogP contribution in [-0.2, 0) is 16.1 Å². The molecule has 3 heterocycles. The van der Waals surface area contributed by atoms with Crippen LogP contribution in [0.5, 0.6) is 11.5 Å². The molecule has 2 unspecified atom stereocenters. The Morgan fingerprint density at radius 1 is 0.717 bits per heavy atom. The van der Waals surface area contributed by atoms with Gasteiger partial charge in [0.25, 0.3) is 0 Å². The summed E-state index contributed by atoms with van der Waals surface area (Å²) < 4.78 is 10.7. The molecule has 4 aromatic rings. The largest absolute Gasteiger partial charge is 0.497 e. The van der Waals surface area contributed by atoms with Gasteiger partial charge in [0.05, 0.1) is 32.3 Å². The maximum absolute atomic E-state index is 13.1. The number of rotatable bonds is 9. The van der Waals surface area contributed by atoms with Crippen molar-refractivity contribution < 1.29 is 19.1 Å². The number of amides is 2. The van der Waals surface area contributed by atoms with Crippen molar-refractivity contribution in [2.75, 3.05) is 48.6 Å². The zero-order chi connectivity index (χ0) is 31.6. The van der Waals surface area contributed by atoms with Crippen LogP contribution in [-0.4, -0.2) is 61.4 Å². The van der Waals surface area contributed by atoms with E-state index in [0.29, 0.717) is 24.6 Å². The topological polar surface area (TPSA) is 74.7 Å². The van der Waals surface area contributed by atoms with E-state index in [4.69, 9.17) is 14.5 Å². The molecule has 0 bridgehead atoms. The minimum atomic E-state index is -0.105. The van der Waals surface area contributed by atoms with Gasteiger partial charge in [-0.1, -0.05) is 48.5 Å². The van der Waals surface area contributed by atoms with E-state index in [1.165, 1.54) is 0 Å². The summed E-state index contributed by atoms with van der Waals surface area (Å²) in [4.78, 5) is 37.2. The monoisotopic (exact) mass is 650 g/mol. The maximum Gasteiger partial charge on any atom is 0.238 e. The highest BCUT2D eigenvalue weighted by Crippen LogP contribution is 2.43. The smallest absolute Gasteiger partial charge is 0.238 e. The lowest BCUT2D eigenvalue weighted by molar-refractivity contribution is -0.116. The zero-order valence-electron chi connectivity index (χ0n) is 25.7. The number of amidine groups is 1. The lowest BCUT2D eigenvalue weighted by Crippen LogP contribution is -2.30. The molecule has 2 atom stereocenters. The summed E-state index contributed by atoms with van der Waals surface area (Å²) in [6.45, 7) is 2.16. The first kappa shape index (κ1) is 30.3. The number of benzene rings is 4. The fraction of sp³-hybridized carbons (Fsp3) is 0.250. The van der Waals surface area contributed by atoms with Crippen LogP contribution in [0.2, 0.25) is 0 Å². The molecule has 0 N–H and O–H groups in total. The Kier molecular flexibility index (Phi) is 8.64. The molecule has 2 amide bonds. The minimum Gasteiger partial charge on any atom is -0.497 e. The average molecular weight is 651 g/mol. The number of ether oxygens (including phenoxy) is 2. The Morgan fingerprint density at radius 3 is 1.83 bits per heavy atom. The number of hydrogen-bond donors (Lipinski definition) is 0. The Morgan fingerprint density at radius 2 is 1.26 bits per heavy atom. The lowest BCUT2D eigenvalue weighted by Gasteiger charge is -2.27. The number of methoxy groups -OCH3 is 2. The van der Waals surface area contributed by atoms with Gasteiger partial charge >= 0.3 is 0 Å². The summed E-state index contributed by atoms with van der Waals surface area (Å²) in [5.41, 5.74) is 5.97. The molecule has 3 aliphatic heterocycles. The quantitative estimate of drug-likeness (QED) is 0.204. The standard InChI is InChI=1S/C36H34N4O4S2/c1-43-30-13-9-25(10-14-30)35-39(32(41)22-45-35)28-7-3-5-24(19-28)21-38-18-17-37-34(38)27-6-4-8-29(20-27)40-33(42)23-46-36(40)26-11-15-31(44-2)16-12-26/h3-16,19-20,35-36H,17-18,21-23H2,1-2H3. The van der Waals surface area contributed by atoms with Gasteiger partial charge in [0.2, 0.25) is 11.8 Å². The third-order valence-electron chi connectivity index (χ3n) is 8.41. The summed E-state index contributed by atoms with van der Waals surface area (Å²) in [7, 11) is 3.31. The van der Waals surface area contributed by atoms with E-state index in [9.17, 15) is 9.59 Å². The number of carbonyl (C=O) groups is 2. The first-order chi connectivity index (χ1) is 22.5. The van der Waals surface area contributed by atoms with Crippen molar-refractivity contribution in [2.45, 2.75) is 17.3 Å². The van der Waals surface area contributed by atoms with Crippen LogP contribution >= 0.6 is 23.5 Å². The lowest BCUT2D eigenvalue weighted by atomic mass is 10.1. The Labute approximate surface area is 277 Å². The number of carbonyl (C=O) groups excluding carboxylic acids is 2. The molecule has 234 valence electrons. The van der Waals surface area contributed by atoms with Crippen molar-refractivity contribution in [3.05, 3.63) is 119 Å². The molecule has 2 saturated heterocycles. The molecule has 4 aromatic carbocycles. The fourth-order valence-corrected chi connectivity index (χ4v) is 8.52. The maximum atomic E-state index is 13.1. The van der Waals surface area contributed by atoms with Gasteiger partial charge in [-0.2, -0.15) is 0 Å². The van der Waals surface area contributed by atoms with E-state index < -0.39 is 0 Å². The SMILES string of the molecule is COc1ccc(C2SCC(=O)N2c2cccc(CN3CCN=C3c3cccc(N4C(=O)CSC4c4ccc(OC)cc4)c3)c2)cc1. The van der Waals surface area contributed by atoms with E-state index in [0.717, 1.165) is 57.5 Å². The molecular weight excluding hydrogens is 617 g/mol.